The summed E-state index contributed by atoms with van der Waals surface area (Å²) in [5, 5.41) is 5.35. The Labute approximate surface area is 193 Å². The van der Waals surface area contributed by atoms with Crippen LogP contribution in [0.25, 0.3) is 10.9 Å². The van der Waals surface area contributed by atoms with Crippen molar-refractivity contribution in [1.82, 2.24) is 9.99 Å². The summed E-state index contributed by atoms with van der Waals surface area (Å²) in [6.07, 6.45) is 1.91. The standard InChI is InChI=1S/C27H27N3O3/c1-19-23(17-28-29-27(31)16-21-13-14-25(32-2)26(15-21)33-3)22-11-7-8-12-24(22)30(19)18-20-9-5-4-6-10-20/h4-15,17H,16,18H2,1-3H3,(H,29,31). The van der Waals surface area contributed by atoms with Crippen LogP contribution >= 0.6 is 0 Å². The van der Waals surface area contributed by atoms with Crippen LogP contribution in [0.1, 0.15) is 22.4 Å². The van der Waals surface area contributed by atoms with Gasteiger partial charge in [-0.15, -0.1) is 0 Å². The first kappa shape index (κ1) is 22.1. The molecule has 0 unspecified atom stereocenters. The van der Waals surface area contributed by atoms with Crippen LogP contribution in [0, 0.1) is 6.92 Å². The minimum atomic E-state index is -0.204. The molecule has 0 saturated heterocycles. The van der Waals surface area contributed by atoms with Crippen molar-refractivity contribution in [3.63, 3.8) is 0 Å². The Morgan fingerprint density at radius 3 is 2.42 bits per heavy atom. The van der Waals surface area contributed by atoms with Gasteiger partial charge in [0.15, 0.2) is 11.5 Å². The Balaban J connectivity index is 1.51. The van der Waals surface area contributed by atoms with Gasteiger partial charge in [-0.2, -0.15) is 5.10 Å². The van der Waals surface area contributed by atoms with E-state index in [0.29, 0.717) is 11.5 Å². The zero-order chi connectivity index (χ0) is 23.2. The Kier molecular flexibility index (Phi) is 6.74. The molecule has 4 rings (SSSR count). The van der Waals surface area contributed by atoms with Gasteiger partial charge >= 0.3 is 0 Å². The third kappa shape index (κ3) is 4.90. The molecule has 1 amide bonds. The molecule has 1 heterocycles. The number of para-hydroxylation sites is 1. The topological polar surface area (TPSA) is 64.8 Å². The molecule has 0 aliphatic heterocycles. The lowest BCUT2D eigenvalue weighted by Gasteiger charge is -2.09. The molecule has 0 aliphatic rings. The first-order valence-electron chi connectivity index (χ1n) is 10.7. The summed E-state index contributed by atoms with van der Waals surface area (Å²) in [6, 6.07) is 24.0. The lowest BCUT2D eigenvalue weighted by atomic mass is 10.1. The third-order valence-electron chi connectivity index (χ3n) is 5.66. The van der Waals surface area contributed by atoms with E-state index in [-0.39, 0.29) is 12.3 Å². The molecule has 0 aliphatic carbocycles. The number of hydrogen-bond donors (Lipinski definition) is 1. The number of amides is 1. The van der Waals surface area contributed by atoms with E-state index < -0.39 is 0 Å². The number of carbonyl (C=O) groups excluding carboxylic acids is 1. The van der Waals surface area contributed by atoms with Crippen molar-refractivity contribution in [3.8, 4) is 11.5 Å². The SMILES string of the molecule is COc1ccc(CC(=O)NN=Cc2c(C)n(Cc3ccccc3)c3ccccc23)cc1OC. The number of hydrogen-bond acceptors (Lipinski definition) is 4. The van der Waals surface area contributed by atoms with E-state index in [9.17, 15) is 4.79 Å². The number of methoxy groups -OCH3 is 2. The zero-order valence-electron chi connectivity index (χ0n) is 19.0. The van der Waals surface area contributed by atoms with Crippen LogP contribution in [-0.2, 0) is 17.8 Å². The van der Waals surface area contributed by atoms with E-state index in [1.54, 1.807) is 32.6 Å². The van der Waals surface area contributed by atoms with E-state index >= 15 is 0 Å². The van der Waals surface area contributed by atoms with Gasteiger partial charge in [-0.05, 0) is 36.2 Å². The number of rotatable bonds is 8. The molecule has 168 valence electrons. The smallest absolute Gasteiger partial charge is 0.244 e. The van der Waals surface area contributed by atoms with Crippen molar-refractivity contribution in [2.45, 2.75) is 19.9 Å². The molecular weight excluding hydrogens is 414 g/mol. The van der Waals surface area contributed by atoms with Crippen LogP contribution in [0.15, 0.2) is 77.9 Å². The number of ether oxygens (including phenoxy) is 2. The van der Waals surface area contributed by atoms with Crippen LogP contribution < -0.4 is 14.9 Å². The van der Waals surface area contributed by atoms with Crippen molar-refractivity contribution in [2.24, 2.45) is 5.10 Å². The van der Waals surface area contributed by atoms with Crippen molar-refractivity contribution in [2.75, 3.05) is 14.2 Å². The molecular formula is C27H27N3O3. The van der Waals surface area contributed by atoms with Gasteiger partial charge in [0.2, 0.25) is 5.91 Å². The average molecular weight is 442 g/mol. The van der Waals surface area contributed by atoms with Crippen LogP contribution in [-0.4, -0.2) is 30.9 Å². The summed E-state index contributed by atoms with van der Waals surface area (Å²) in [5.41, 5.74) is 7.92. The average Bonchev–Trinajstić information content (AvgIpc) is 3.10. The van der Waals surface area contributed by atoms with E-state index in [2.05, 4.69) is 46.3 Å². The van der Waals surface area contributed by atoms with Gasteiger partial charge in [0.1, 0.15) is 0 Å². The first-order valence-corrected chi connectivity index (χ1v) is 10.7. The molecule has 0 radical (unpaired) electrons. The fraction of sp³-hybridized carbons (Fsp3) is 0.185. The maximum absolute atomic E-state index is 12.4. The number of hydrazone groups is 1. The van der Waals surface area contributed by atoms with Gasteiger partial charge < -0.3 is 14.0 Å². The fourth-order valence-electron chi connectivity index (χ4n) is 3.97. The molecule has 4 aromatic rings. The second kappa shape index (κ2) is 10.0. The highest BCUT2D eigenvalue weighted by Gasteiger charge is 2.13. The highest BCUT2D eigenvalue weighted by molar-refractivity contribution is 6.01. The largest absolute Gasteiger partial charge is 0.493 e. The normalized spacial score (nSPS) is 11.1. The number of nitrogens with one attached hydrogen (secondary N) is 1. The Bertz CT molecular complexity index is 1290. The lowest BCUT2D eigenvalue weighted by molar-refractivity contribution is -0.120. The molecule has 0 spiro atoms. The quantitative estimate of drug-likeness (QED) is 0.318. The summed E-state index contributed by atoms with van der Waals surface area (Å²) in [5.74, 6) is 1.01. The summed E-state index contributed by atoms with van der Waals surface area (Å²) in [6.45, 7) is 2.85. The highest BCUT2D eigenvalue weighted by Crippen LogP contribution is 2.28. The number of fused-ring (bicyclic) bond motifs is 1. The summed E-state index contributed by atoms with van der Waals surface area (Å²) in [4.78, 5) is 12.4. The summed E-state index contributed by atoms with van der Waals surface area (Å²) >= 11 is 0. The molecule has 0 atom stereocenters. The first-order chi connectivity index (χ1) is 16.1. The molecule has 0 bridgehead atoms. The Morgan fingerprint density at radius 2 is 1.67 bits per heavy atom. The molecule has 6 heteroatoms. The van der Waals surface area contributed by atoms with Gasteiger partial charge in [0.05, 0.1) is 26.9 Å². The van der Waals surface area contributed by atoms with Crippen LogP contribution in [0.2, 0.25) is 0 Å². The van der Waals surface area contributed by atoms with Gasteiger partial charge in [0.25, 0.3) is 0 Å². The number of nitrogens with zero attached hydrogens (tertiary/aromatic N) is 2. The molecule has 0 fully saturated rings. The molecule has 3 aromatic carbocycles. The number of aromatic nitrogens is 1. The monoisotopic (exact) mass is 441 g/mol. The summed E-state index contributed by atoms with van der Waals surface area (Å²) in [7, 11) is 3.15. The molecule has 1 N–H and O–H groups in total. The van der Waals surface area contributed by atoms with Gasteiger partial charge in [-0.3, -0.25) is 4.79 Å². The molecule has 0 saturated carbocycles. The predicted molar refractivity (Wildman–Crippen MR) is 131 cm³/mol. The van der Waals surface area contributed by atoms with Crippen molar-refractivity contribution < 1.29 is 14.3 Å². The Morgan fingerprint density at radius 1 is 0.939 bits per heavy atom. The maximum Gasteiger partial charge on any atom is 0.244 e. The van der Waals surface area contributed by atoms with Gasteiger partial charge in [0, 0.05) is 28.7 Å². The second-order valence-electron chi connectivity index (χ2n) is 7.75. The molecule has 1 aromatic heterocycles. The van der Waals surface area contributed by atoms with Crippen LogP contribution in [0.4, 0.5) is 0 Å². The van der Waals surface area contributed by atoms with Gasteiger partial charge in [-0.25, -0.2) is 5.43 Å². The van der Waals surface area contributed by atoms with Crippen LogP contribution in [0.5, 0.6) is 11.5 Å². The fourth-order valence-corrected chi connectivity index (χ4v) is 3.97. The van der Waals surface area contributed by atoms with Crippen molar-refractivity contribution >= 4 is 23.0 Å². The second-order valence-corrected chi connectivity index (χ2v) is 7.75. The highest BCUT2D eigenvalue weighted by atomic mass is 16.5. The summed E-state index contributed by atoms with van der Waals surface area (Å²) < 4.78 is 12.8. The number of benzene rings is 3. The van der Waals surface area contributed by atoms with E-state index in [1.165, 1.54) is 5.56 Å². The lowest BCUT2D eigenvalue weighted by Crippen LogP contribution is -2.19. The van der Waals surface area contributed by atoms with Gasteiger partial charge in [-0.1, -0.05) is 54.6 Å². The van der Waals surface area contributed by atoms with E-state index in [4.69, 9.17) is 9.47 Å². The minimum absolute atomic E-state index is 0.187. The van der Waals surface area contributed by atoms with Crippen molar-refractivity contribution in [1.29, 1.82) is 0 Å². The van der Waals surface area contributed by atoms with Crippen molar-refractivity contribution in [3.05, 3.63) is 95.2 Å². The minimum Gasteiger partial charge on any atom is -0.493 e. The van der Waals surface area contributed by atoms with Crippen LogP contribution in [0.3, 0.4) is 0 Å². The maximum atomic E-state index is 12.4. The van der Waals surface area contributed by atoms with E-state index in [0.717, 1.165) is 34.3 Å². The Hall–Kier alpha value is -4.06. The van der Waals surface area contributed by atoms with E-state index in [1.807, 2.05) is 36.4 Å². The predicted octanol–water partition coefficient (Wildman–Crippen LogP) is 4.71. The zero-order valence-corrected chi connectivity index (χ0v) is 19.0. The molecule has 6 nitrogen and oxygen atoms in total. The molecule has 33 heavy (non-hydrogen) atoms. The third-order valence-corrected chi connectivity index (χ3v) is 5.66. The number of carbonyl (C=O) groups is 1.